The van der Waals surface area contributed by atoms with Gasteiger partial charge in [-0.05, 0) is 23.3 Å². The summed E-state index contributed by atoms with van der Waals surface area (Å²) < 4.78 is 5.92. The number of H-pyrrole nitrogens is 1. The van der Waals surface area contributed by atoms with Crippen molar-refractivity contribution < 1.29 is 4.74 Å². The van der Waals surface area contributed by atoms with Gasteiger partial charge in [-0.15, -0.1) is 0 Å². The molecule has 0 amide bonds. The number of ether oxygens (including phenoxy) is 1. The topological polar surface area (TPSA) is 48.8 Å². The standard InChI is InChI=1S/C17H14N2O/c18-10-9-14-11-19-15-7-4-8-16(17(14)15)20-12-13-5-2-1-3-6-13/h1-8,11,19H,9,12H2. The molecule has 20 heavy (non-hydrogen) atoms. The minimum absolute atomic E-state index is 0.381. The average Bonchev–Trinajstić information content (AvgIpc) is 2.91. The third kappa shape index (κ3) is 2.36. The third-order valence-electron chi connectivity index (χ3n) is 3.26. The van der Waals surface area contributed by atoms with Crippen LogP contribution in [-0.2, 0) is 13.0 Å². The Hall–Kier alpha value is -2.73. The maximum Gasteiger partial charge on any atom is 0.129 e. The number of nitrogens with one attached hydrogen (secondary N) is 1. The quantitative estimate of drug-likeness (QED) is 0.777. The van der Waals surface area contributed by atoms with Crippen molar-refractivity contribution in [3.8, 4) is 11.8 Å². The van der Waals surface area contributed by atoms with Crippen molar-refractivity contribution in [1.29, 1.82) is 5.26 Å². The lowest BCUT2D eigenvalue weighted by Gasteiger charge is -2.08. The van der Waals surface area contributed by atoms with E-state index in [9.17, 15) is 0 Å². The summed E-state index contributed by atoms with van der Waals surface area (Å²) in [5.74, 6) is 0.817. The van der Waals surface area contributed by atoms with Crippen molar-refractivity contribution in [1.82, 2.24) is 4.98 Å². The van der Waals surface area contributed by atoms with Crippen LogP contribution in [0.15, 0.2) is 54.7 Å². The predicted octanol–water partition coefficient (Wildman–Crippen LogP) is 3.81. The molecule has 3 heteroatoms. The van der Waals surface area contributed by atoms with Crippen LogP contribution in [0.5, 0.6) is 5.75 Å². The van der Waals surface area contributed by atoms with E-state index in [1.807, 2.05) is 54.7 Å². The van der Waals surface area contributed by atoms with E-state index in [0.717, 1.165) is 27.8 Å². The summed E-state index contributed by atoms with van der Waals surface area (Å²) in [6, 6.07) is 18.1. The molecule has 0 unspecified atom stereocenters. The molecule has 0 radical (unpaired) electrons. The Labute approximate surface area is 117 Å². The van der Waals surface area contributed by atoms with Gasteiger partial charge in [-0.2, -0.15) is 5.26 Å². The molecule has 0 fully saturated rings. The van der Waals surface area contributed by atoms with Gasteiger partial charge in [-0.25, -0.2) is 0 Å². The van der Waals surface area contributed by atoms with Crippen molar-refractivity contribution in [2.24, 2.45) is 0 Å². The van der Waals surface area contributed by atoms with Gasteiger partial charge in [0.1, 0.15) is 12.4 Å². The fourth-order valence-electron chi connectivity index (χ4n) is 2.30. The van der Waals surface area contributed by atoms with Crippen LogP contribution in [-0.4, -0.2) is 4.98 Å². The monoisotopic (exact) mass is 262 g/mol. The minimum Gasteiger partial charge on any atom is -0.488 e. The Morgan fingerprint density at radius 3 is 2.70 bits per heavy atom. The van der Waals surface area contributed by atoms with Gasteiger partial charge in [0.15, 0.2) is 0 Å². The Balaban J connectivity index is 1.91. The van der Waals surface area contributed by atoms with E-state index in [2.05, 4.69) is 11.1 Å². The van der Waals surface area contributed by atoms with Gasteiger partial charge in [0.05, 0.1) is 12.5 Å². The molecule has 0 spiro atoms. The number of fused-ring (bicyclic) bond motifs is 1. The lowest BCUT2D eigenvalue weighted by Crippen LogP contribution is -1.96. The highest BCUT2D eigenvalue weighted by Crippen LogP contribution is 2.29. The van der Waals surface area contributed by atoms with Gasteiger partial charge in [0.25, 0.3) is 0 Å². The first-order valence-electron chi connectivity index (χ1n) is 6.51. The number of hydrogen-bond donors (Lipinski definition) is 1. The van der Waals surface area contributed by atoms with Gasteiger partial charge in [0, 0.05) is 17.1 Å². The van der Waals surface area contributed by atoms with Crippen LogP contribution in [0.3, 0.4) is 0 Å². The SMILES string of the molecule is N#CCc1c[nH]c2cccc(OCc3ccccc3)c12. The first-order chi connectivity index (χ1) is 9.88. The van der Waals surface area contributed by atoms with Crippen molar-refractivity contribution in [3.05, 3.63) is 65.9 Å². The lowest BCUT2D eigenvalue weighted by molar-refractivity contribution is 0.310. The number of aromatic amines is 1. The van der Waals surface area contributed by atoms with Gasteiger partial charge < -0.3 is 9.72 Å². The molecular weight excluding hydrogens is 248 g/mol. The van der Waals surface area contributed by atoms with Crippen molar-refractivity contribution in [3.63, 3.8) is 0 Å². The van der Waals surface area contributed by atoms with E-state index < -0.39 is 0 Å². The fourth-order valence-corrected chi connectivity index (χ4v) is 2.30. The van der Waals surface area contributed by atoms with E-state index in [0.29, 0.717) is 13.0 Å². The summed E-state index contributed by atoms with van der Waals surface area (Å²) in [4.78, 5) is 3.18. The molecule has 3 nitrogen and oxygen atoms in total. The summed E-state index contributed by atoms with van der Waals surface area (Å²) >= 11 is 0. The van der Waals surface area contributed by atoms with Gasteiger partial charge >= 0.3 is 0 Å². The van der Waals surface area contributed by atoms with Crippen molar-refractivity contribution >= 4 is 10.9 Å². The van der Waals surface area contributed by atoms with Crippen LogP contribution in [0.4, 0.5) is 0 Å². The summed E-state index contributed by atoms with van der Waals surface area (Å²) in [5.41, 5.74) is 3.11. The number of benzene rings is 2. The molecule has 3 rings (SSSR count). The first-order valence-corrected chi connectivity index (χ1v) is 6.51. The molecule has 0 saturated carbocycles. The Bertz CT molecular complexity index is 754. The summed E-state index contributed by atoms with van der Waals surface area (Å²) in [5, 5.41) is 9.90. The number of aromatic nitrogens is 1. The molecule has 98 valence electrons. The van der Waals surface area contributed by atoms with E-state index >= 15 is 0 Å². The normalized spacial score (nSPS) is 10.3. The smallest absolute Gasteiger partial charge is 0.129 e. The number of nitriles is 1. The Morgan fingerprint density at radius 2 is 1.90 bits per heavy atom. The Morgan fingerprint density at radius 1 is 1.05 bits per heavy atom. The summed E-state index contributed by atoms with van der Waals surface area (Å²) in [6.07, 6.45) is 2.26. The molecule has 3 aromatic rings. The van der Waals surface area contributed by atoms with Gasteiger partial charge in [-0.3, -0.25) is 0 Å². The Kier molecular flexibility index (Phi) is 3.38. The van der Waals surface area contributed by atoms with E-state index in [1.54, 1.807) is 0 Å². The lowest BCUT2D eigenvalue weighted by atomic mass is 10.1. The number of rotatable bonds is 4. The molecule has 1 aromatic heterocycles. The summed E-state index contributed by atoms with van der Waals surface area (Å²) in [7, 11) is 0. The highest BCUT2D eigenvalue weighted by molar-refractivity contribution is 5.89. The maximum absolute atomic E-state index is 8.89. The minimum atomic E-state index is 0.381. The van der Waals surface area contributed by atoms with E-state index in [-0.39, 0.29) is 0 Å². The highest BCUT2D eigenvalue weighted by atomic mass is 16.5. The van der Waals surface area contributed by atoms with Crippen molar-refractivity contribution in [2.75, 3.05) is 0 Å². The van der Waals surface area contributed by atoms with Crippen LogP contribution >= 0.6 is 0 Å². The molecule has 0 aliphatic carbocycles. The fraction of sp³-hybridized carbons (Fsp3) is 0.118. The molecule has 0 aliphatic heterocycles. The number of hydrogen-bond acceptors (Lipinski definition) is 2. The van der Waals surface area contributed by atoms with Crippen LogP contribution in [0.2, 0.25) is 0 Å². The second kappa shape index (κ2) is 5.50. The molecule has 0 bridgehead atoms. The number of nitrogens with zero attached hydrogens (tertiary/aromatic N) is 1. The van der Waals surface area contributed by atoms with Crippen LogP contribution in [0.1, 0.15) is 11.1 Å². The summed E-state index contributed by atoms with van der Waals surface area (Å²) in [6.45, 7) is 0.525. The maximum atomic E-state index is 8.89. The molecule has 0 saturated heterocycles. The zero-order chi connectivity index (χ0) is 13.8. The average molecular weight is 262 g/mol. The van der Waals surface area contributed by atoms with Gasteiger partial charge in [-0.1, -0.05) is 36.4 Å². The molecular formula is C17H14N2O. The van der Waals surface area contributed by atoms with Crippen LogP contribution in [0, 0.1) is 11.3 Å². The highest BCUT2D eigenvalue weighted by Gasteiger charge is 2.09. The second-order valence-corrected chi connectivity index (χ2v) is 4.60. The zero-order valence-corrected chi connectivity index (χ0v) is 11.0. The molecule has 1 heterocycles. The molecule has 2 aromatic carbocycles. The van der Waals surface area contributed by atoms with E-state index in [1.165, 1.54) is 0 Å². The largest absolute Gasteiger partial charge is 0.488 e. The van der Waals surface area contributed by atoms with E-state index in [4.69, 9.17) is 10.00 Å². The second-order valence-electron chi connectivity index (χ2n) is 4.60. The molecule has 0 aliphatic rings. The molecule has 0 atom stereocenters. The first kappa shape index (κ1) is 12.3. The van der Waals surface area contributed by atoms with Gasteiger partial charge in [0.2, 0.25) is 0 Å². The van der Waals surface area contributed by atoms with Crippen molar-refractivity contribution in [2.45, 2.75) is 13.0 Å². The zero-order valence-electron chi connectivity index (χ0n) is 11.0. The van der Waals surface area contributed by atoms with Crippen LogP contribution < -0.4 is 4.74 Å². The molecule has 1 N–H and O–H groups in total. The predicted molar refractivity (Wildman–Crippen MR) is 78.4 cm³/mol. The van der Waals surface area contributed by atoms with Crippen LogP contribution in [0.25, 0.3) is 10.9 Å². The third-order valence-corrected chi connectivity index (χ3v) is 3.26.